The summed E-state index contributed by atoms with van der Waals surface area (Å²) in [5, 5.41) is 7.04. The number of hydrogen-bond acceptors (Lipinski definition) is 3. The SMILES string of the molecule is CC(C)c1nc(C(C)NC(=O)C2(c3ccc(Cl)cc3)CCC2)cs1. The maximum Gasteiger partial charge on any atom is 0.231 e. The van der Waals surface area contributed by atoms with Crippen LogP contribution in [0, 0.1) is 0 Å². The summed E-state index contributed by atoms with van der Waals surface area (Å²) in [7, 11) is 0. The Bertz CT molecular complexity index is 719. The molecule has 0 spiro atoms. The second-order valence-electron chi connectivity index (χ2n) is 6.90. The standard InChI is InChI=1S/C19H23ClN2OS/c1-12(2)17-22-16(11-24-17)13(3)21-18(23)19(9-4-10-19)14-5-7-15(20)8-6-14/h5-8,11-13H,4,9-10H2,1-3H3,(H,21,23). The van der Waals surface area contributed by atoms with E-state index in [-0.39, 0.29) is 11.9 Å². The molecule has 1 aromatic carbocycles. The van der Waals surface area contributed by atoms with Crippen molar-refractivity contribution in [2.75, 3.05) is 0 Å². The molecular formula is C19H23ClN2OS. The predicted molar refractivity (Wildman–Crippen MR) is 99.7 cm³/mol. The van der Waals surface area contributed by atoms with Gasteiger partial charge in [-0.15, -0.1) is 11.3 Å². The molecule has 1 amide bonds. The zero-order valence-electron chi connectivity index (χ0n) is 14.3. The topological polar surface area (TPSA) is 42.0 Å². The van der Waals surface area contributed by atoms with E-state index in [1.54, 1.807) is 11.3 Å². The van der Waals surface area contributed by atoms with Crippen LogP contribution in [0.3, 0.4) is 0 Å². The molecule has 0 radical (unpaired) electrons. The maximum absolute atomic E-state index is 13.0. The molecule has 1 aromatic heterocycles. The van der Waals surface area contributed by atoms with Crippen LogP contribution in [0.2, 0.25) is 5.02 Å². The Hall–Kier alpha value is -1.39. The first-order chi connectivity index (χ1) is 11.4. The number of nitrogens with zero attached hydrogens (tertiary/aromatic N) is 1. The highest BCUT2D eigenvalue weighted by atomic mass is 35.5. The van der Waals surface area contributed by atoms with Crippen molar-refractivity contribution in [2.45, 2.75) is 57.4 Å². The van der Waals surface area contributed by atoms with Crippen LogP contribution in [0.1, 0.15) is 68.3 Å². The highest BCUT2D eigenvalue weighted by Crippen LogP contribution is 2.44. The van der Waals surface area contributed by atoms with Gasteiger partial charge in [0.1, 0.15) is 0 Å². The first-order valence-corrected chi connectivity index (χ1v) is 9.70. The van der Waals surface area contributed by atoms with E-state index in [2.05, 4.69) is 29.5 Å². The number of benzene rings is 1. The Morgan fingerprint density at radius 1 is 1.25 bits per heavy atom. The van der Waals surface area contributed by atoms with Crippen molar-refractivity contribution in [2.24, 2.45) is 0 Å². The van der Waals surface area contributed by atoms with E-state index >= 15 is 0 Å². The fourth-order valence-electron chi connectivity index (χ4n) is 3.12. The molecule has 1 atom stereocenters. The average Bonchev–Trinajstić information content (AvgIpc) is 2.98. The summed E-state index contributed by atoms with van der Waals surface area (Å²) in [5.41, 5.74) is 1.60. The van der Waals surface area contributed by atoms with Gasteiger partial charge < -0.3 is 5.32 Å². The lowest BCUT2D eigenvalue weighted by molar-refractivity contribution is -0.130. The second-order valence-corrected chi connectivity index (χ2v) is 8.23. The fourth-order valence-corrected chi connectivity index (χ4v) is 4.17. The van der Waals surface area contributed by atoms with E-state index in [1.165, 1.54) is 0 Å². The molecule has 0 bridgehead atoms. The molecule has 1 unspecified atom stereocenters. The van der Waals surface area contributed by atoms with Crippen molar-refractivity contribution in [1.82, 2.24) is 10.3 Å². The summed E-state index contributed by atoms with van der Waals surface area (Å²) in [4.78, 5) is 17.6. The molecule has 1 saturated carbocycles. The Morgan fingerprint density at radius 3 is 2.42 bits per heavy atom. The summed E-state index contributed by atoms with van der Waals surface area (Å²) in [6.07, 6.45) is 2.86. The number of halogens is 1. The molecule has 3 nitrogen and oxygen atoms in total. The second kappa shape index (κ2) is 6.85. The molecule has 1 aliphatic carbocycles. The molecular weight excluding hydrogens is 340 g/mol. The van der Waals surface area contributed by atoms with Crippen LogP contribution in [-0.4, -0.2) is 10.9 Å². The monoisotopic (exact) mass is 362 g/mol. The smallest absolute Gasteiger partial charge is 0.231 e. The third-order valence-corrected chi connectivity index (χ3v) is 6.28. The Balaban J connectivity index is 1.75. The van der Waals surface area contributed by atoms with Crippen LogP contribution in [0.15, 0.2) is 29.6 Å². The van der Waals surface area contributed by atoms with Gasteiger partial charge in [0.2, 0.25) is 5.91 Å². The van der Waals surface area contributed by atoms with Gasteiger partial charge in [-0.1, -0.05) is 44.0 Å². The Morgan fingerprint density at radius 2 is 1.92 bits per heavy atom. The molecule has 1 fully saturated rings. The largest absolute Gasteiger partial charge is 0.347 e. The minimum absolute atomic E-state index is 0.0778. The number of carbonyl (C=O) groups is 1. The average molecular weight is 363 g/mol. The van der Waals surface area contributed by atoms with E-state index in [4.69, 9.17) is 11.6 Å². The van der Waals surface area contributed by atoms with Gasteiger partial charge in [0.25, 0.3) is 0 Å². The molecule has 24 heavy (non-hydrogen) atoms. The van der Waals surface area contributed by atoms with Crippen molar-refractivity contribution in [1.29, 1.82) is 0 Å². The minimum atomic E-state index is -0.407. The fraction of sp³-hybridized carbons (Fsp3) is 0.474. The van der Waals surface area contributed by atoms with Crippen LogP contribution in [0.5, 0.6) is 0 Å². The van der Waals surface area contributed by atoms with Crippen molar-refractivity contribution >= 4 is 28.8 Å². The Kier molecular flexibility index (Phi) is 4.97. The van der Waals surface area contributed by atoms with Gasteiger partial charge in [0, 0.05) is 16.3 Å². The molecule has 3 rings (SSSR count). The van der Waals surface area contributed by atoms with Gasteiger partial charge in [-0.2, -0.15) is 0 Å². The molecule has 1 heterocycles. The van der Waals surface area contributed by atoms with Gasteiger partial charge >= 0.3 is 0 Å². The van der Waals surface area contributed by atoms with Gasteiger partial charge in [0.05, 0.1) is 22.2 Å². The lowest BCUT2D eigenvalue weighted by Gasteiger charge is -2.41. The summed E-state index contributed by atoms with van der Waals surface area (Å²) < 4.78 is 0. The molecule has 1 aliphatic rings. The summed E-state index contributed by atoms with van der Waals surface area (Å²) in [6, 6.07) is 7.61. The van der Waals surface area contributed by atoms with Crippen molar-refractivity contribution in [3.8, 4) is 0 Å². The first kappa shape index (κ1) is 17.4. The molecule has 0 aliphatic heterocycles. The van der Waals surface area contributed by atoms with Crippen LogP contribution >= 0.6 is 22.9 Å². The number of thiazole rings is 1. The summed E-state index contributed by atoms with van der Waals surface area (Å²) in [6.45, 7) is 6.27. The molecule has 1 N–H and O–H groups in total. The zero-order chi connectivity index (χ0) is 17.3. The number of amides is 1. The molecule has 128 valence electrons. The number of nitrogens with one attached hydrogen (secondary N) is 1. The van der Waals surface area contributed by atoms with Gasteiger partial charge in [-0.25, -0.2) is 4.98 Å². The van der Waals surface area contributed by atoms with E-state index in [0.29, 0.717) is 10.9 Å². The van der Waals surface area contributed by atoms with Crippen LogP contribution in [-0.2, 0) is 10.2 Å². The number of aromatic nitrogens is 1. The summed E-state index contributed by atoms with van der Waals surface area (Å²) >= 11 is 7.65. The van der Waals surface area contributed by atoms with Crippen molar-refractivity contribution in [3.05, 3.63) is 50.9 Å². The first-order valence-electron chi connectivity index (χ1n) is 8.45. The number of rotatable bonds is 5. The van der Waals surface area contributed by atoms with Crippen LogP contribution < -0.4 is 5.32 Å². The van der Waals surface area contributed by atoms with E-state index in [0.717, 1.165) is 35.5 Å². The van der Waals surface area contributed by atoms with Crippen molar-refractivity contribution < 1.29 is 4.79 Å². The maximum atomic E-state index is 13.0. The highest BCUT2D eigenvalue weighted by Gasteiger charge is 2.45. The number of hydrogen-bond donors (Lipinski definition) is 1. The summed E-state index contributed by atoms with van der Waals surface area (Å²) in [5.74, 6) is 0.515. The van der Waals surface area contributed by atoms with Crippen LogP contribution in [0.4, 0.5) is 0 Å². The molecule has 5 heteroatoms. The minimum Gasteiger partial charge on any atom is -0.347 e. The third kappa shape index (κ3) is 3.22. The quantitative estimate of drug-likeness (QED) is 0.792. The molecule has 0 saturated heterocycles. The highest BCUT2D eigenvalue weighted by molar-refractivity contribution is 7.09. The lowest BCUT2D eigenvalue weighted by atomic mass is 9.63. The lowest BCUT2D eigenvalue weighted by Crippen LogP contribution is -2.49. The van der Waals surface area contributed by atoms with Crippen molar-refractivity contribution in [3.63, 3.8) is 0 Å². The van der Waals surface area contributed by atoms with E-state index in [9.17, 15) is 4.79 Å². The third-order valence-electron chi connectivity index (χ3n) is 4.86. The van der Waals surface area contributed by atoms with E-state index < -0.39 is 5.41 Å². The van der Waals surface area contributed by atoms with Crippen LogP contribution in [0.25, 0.3) is 0 Å². The van der Waals surface area contributed by atoms with Gasteiger partial charge in [-0.3, -0.25) is 4.79 Å². The number of carbonyl (C=O) groups excluding carboxylic acids is 1. The van der Waals surface area contributed by atoms with E-state index in [1.807, 2.05) is 31.2 Å². The molecule has 2 aromatic rings. The zero-order valence-corrected chi connectivity index (χ0v) is 15.9. The Labute approximate surface area is 152 Å². The normalized spacial score (nSPS) is 17.4. The predicted octanol–water partition coefficient (Wildman–Crippen LogP) is 5.22. The van der Waals surface area contributed by atoms with Gasteiger partial charge in [0.15, 0.2) is 0 Å². The van der Waals surface area contributed by atoms with Gasteiger partial charge in [-0.05, 0) is 37.5 Å².